The number of nitrogens with zero attached hydrogens (tertiary/aromatic N) is 3. The predicted molar refractivity (Wildman–Crippen MR) is 89.8 cm³/mol. The first-order chi connectivity index (χ1) is 11.2. The third kappa shape index (κ3) is 2.88. The number of aromatic nitrogens is 2. The SMILES string of the molecule is Cc1ccc(C(=O)N2CCc3nc(C4CCNC4)ncc3C2)s1. The molecule has 2 aromatic heterocycles. The Hall–Kier alpha value is -1.79. The van der Waals surface area contributed by atoms with Crippen LogP contribution in [-0.2, 0) is 13.0 Å². The quantitative estimate of drug-likeness (QED) is 0.917. The van der Waals surface area contributed by atoms with Crippen LogP contribution in [0, 0.1) is 6.92 Å². The molecule has 4 rings (SSSR count). The van der Waals surface area contributed by atoms with Gasteiger partial charge in [-0.05, 0) is 32.0 Å². The first-order valence-corrected chi connectivity index (χ1v) is 8.93. The molecule has 1 amide bonds. The number of amides is 1. The van der Waals surface area contributed by atoms with Crippen molar-refractivity contribution in [1.82, 2.24) is 20.2 Å². The number of hydrogen-bond donors (Lipinski definition) is 1. The zero-order chi connectivity index (χ0) is 15.8. The molecule has 0 saturated carbocycles. The first kappa shape index (κ1) is 14.8. The molecule has 0 aliphatic carbocycles. The molecule has 1 N–H and O–H groups in total. The lowest BCUT2D eigenvalue weighted by molar-refractivity contribution is 0.0738. The minimum Gasteiger partial charge on any atom is -0.333 e. The molecule has 23 heavy (non-hydrogen) atoms. The molecule has 2 aliphatic rings. The van der Waals surface area contributed by atoms with E-state index in [9.17, 15) is 4.79 Å². The lowest BCUT2D eigenvalue weighted by Gasteiger charge is -2.28. The van der Waals surface area contributed by atoms with Gasteiger partial charge in [-0.3, -0.25) is 4.79 Å². The summed E-state index contributed by atoms with van der Waals surface area (Å²) in [4.78, 5) is 25.8. The van der Waals surface area contributed by atoms with Crippen molar-refractivity contribution in [2.75, 3.05) is 19.6 Å². The van der Waals surface area contributed by atoms with Gasteiger partial charge in [-0.15, -0.1) is 11.3 Å². The molecule has 0 radical (unpaired) electrons. The van der Waals surface area contributed by atoms with Crippen LogP contribution < -0.4 is 5.32 Å². The molecule has 1 atom stereocenters. The van der Waals surface area contributed by atoms with Crippen LogP contribution in [0.25, 0.3) is 0 Å². The summed E-state index contributed by atoms with van der Waals surface area (Å²) < 4.78 is 0. The molecular weight excluding hydrogens is 308 g/mol. The van der Waals surface area contributed by atoms with Gasteiger partial charge < -0.3 is 10.2 Å². The van der Waals surface area contributed by atoms with Crippen molar-refractivity contribution in [1.29, 1.82) is 0 Å². The lowest BCUT2D eigenvalue weighted by atomic mass is 10.0. The Bertz CT molecular complexity index is 736. The fourth-order valence-corrected chi connectivity index (χ4v) is 4.12. The Morgan fingerprint density at radius 1 is 1.43 bits per heavy atom. The summed E-state index contributed by atoms with van der Waals surface area (Å²) in [7, 11) is 0. The minimum atomic E-state index is 0.123. The van der Waals surface area contributed by atoms with E-state index in [-0.39, 0.29) is 5.91 Å². The van der Waals surface area contributed by atoms with Crippen molar-refractivity contribution in [3.63, 3.8) is 0 Å². The van der Waals surface area contributed by atoms with Gasteiger partial charge in [-0.25, -0.2) is 9.97 Å². The average molecular weight is 328 g/mol. The summed E-state index contributed by atoms with van der Waals surface area (Å²) in [5.74, 6) is 1.52. The molecule has 120 valence electrons. The zero-order valence-electron chi connectivity index (χ0n) is 13.2. The molecule has 2 aromatic rings. The Morgan fingerprint density at radius 2 is 2.35 bits per heavy atom. The Morgan fingerprint density at radius 3 is 3.09 bits per heavy atom. The number of thiophene rings is 1. The van der Waals surface area contributed by atoms with Crippen LogP contribution in [0.4, 0.5) is 0 Å². The standard InChI is InChI=1S/C17H20N4OS/c1-11-2-3-15(23-11)17(22)21-7-5-14-13(10-21)9-19-16(20-14)12-4-6-18-8-12/h2-3,9,12,18H,4-8,10H2,1H3. The maximum absolute atomic E-state index is 12.6. The van der Waals surface area contributed by atoms with E-state index in [4.69, 9.17) is 4.98 Å². The van der Waals surface area contributed by atoms with E-state index >= 15 is 0 Å². The molecular formula is C17H20N4OS. The van der Waals surface area contributed by atoms with Crippen molar-refractivity contribution in [3.05, 3.63) is 45.2 Å². The third-order valence-electron chi connectivity index (χ3n) is 4.62. The van der Waals surface area contributed by atoms with E-state index in [1.54, 1.807) is 11.3 Å². The molecule has 1 fully saturated rings. The van der Waals surface area contributed by atoms with Crippen LogP contribution in [0.15, 0.2) is 18.3 Å². The zero-order valence-corrected chi connectivity index (χ0v) is 14.0. The van der Waals surface area contributed by atoms with Gasteiger partial charge in [-0.2, -0.15) is 0 Å². The van der Waals surface area contributed by atoms with Gasteiger partial charge in [0.1, 0.15) is 5.82 Å². The van der Waals surface area contributed by atoms with Gasteiger partial charge in [-0.1, -0.05) is 0 Å². The fraction of sp³-hybridized carbons (Fsp3) is 0.471. The number of hydrogen-bond acceptors (Lipinski definition) is 5. The highest BCUT2D eigenvalue weighted by molar-refractivity contribution is 7.13. The number of nitrogens with one attached hydrogen (secondary N) is 1. The van der Waals surface area contributed by atoms with Crippen LogP contribution in [0.3, 0.4) is 0 Å². The van der Waals surface area contributed by atoms with Crippen LogP contribution in [-0.4, -0.2) is 40.4 Å². The Labute approximate surface area is 139 Å². The monoisotopic (exact) mass is 328 g/mol. The van der Waals surface area contributed by atoms with Crippen LogP contribution in [0.1, 0.15) is 44.0 Å². The fourth-order valence-electron chi connectivity index (χ4n) is 3.28. The third-order valence-corrected chi connectivity index (χ3v) is 5.61. The van der Waals surface area contributed by atoms with Crippen molar-refractivity contribution in [2.24, 2.45) is 0 Å². The van der Waals surface area contributed by atoms with Gasteiger partial charge in [0.2, 0.25) is 0 Å². The predicted octanol–water partition coefficient (Wildman–Crippen LogP) is 2.12. The normalized spacial score (nSPS) is 20.6. The van der Waals surface area contributed by atoms with E-state index in [2.05, 4.69) is 10.3 Å². The lowest BCUT2D eigenvalue weighted by Crippen LogP contribution is -2.36. The smallest absolute Gasteiger partial charge is 0.264 e. The summed E-state index contributed by atoms with van der Waals surface area (Å²) in [6, 6.07) is 3.92. The summed E-state index contributed by atoms with van der Waals surface area (Å²) in [6.45, 7) is 5.41. The number of carbonyl (C=O) groups is 1. The highest BCUT2D eigenvalue weighted by Crippen LogP contribution is 2.24. The van der Waals surface area contributed by atoms with E-state index in [0.29, 0.717) is 12.5 Å². The topological polar surface area (TPSA) is 58.1 Å². The Kier molecular flexibility index (Phi) is 3.87. The van der Waals surface area contributed by atoms with Crippen LogP contribution >= 0.6 is 11.3 Å². The summed E-state index contributed by atoms with van der Waals surface area (Å²) in [5, 5.41) is 3.36. The largest absolute Gasteiger partial charge is 0.333 e. The molecule has 4 heterocycles. The molecule has 6 heteroatoms. The maximum atomic E-state index is 12.6. The van der Waals surface area contributed by atoms with Crippen LogP contribution in [0.2, 0.25) is 0 Å². The van der Waals surface area contributed by atoms with Crippen molar-refractivity contribution in [2.45, 2.75) is 32.2 Å². The summed E-state index contributed by atoms with van der Waals surface area (Å²) in [5.41, 5.74) is 2.21. The highest BCUT2D eigenvalue weighted by atomic mass is 32.1. The van der Waals surface area contributed by atoms with Gasteiger partial charge in [0, 0.05) is 48.6 Å². The minimum absolute atomic E-state index is 0.123. The second kappa shape index (κ2) is 6.02. The van der Waals surface area contributed by atoms with Crippen molar-refractivity contribution >= 4 is 17.2 Å². The van der Waals surface area contributed by atoms with Crippen LogP contribution in [0.5, 0.6) is 0 Å². The van der Waals surface area contributed by atoms with Gasteiger partial charge >= 0.3 is 0 Å². The van der Waals surface area contributed by atoms with Gasteiger partial charge in [0.25, 0.3) is 5.91 Å². The first-order valence-electron chi connectivity index (χ1n) is 8.12. The van der Waals surface area contributed by atoms with Crippen molar-refractivity contribution in [3.8, 4) is 0 Å². The number of fused-ring (bicyclic) bond motifs is 1. The second-order valence-electron chi connectivity index (χ2n) is 6.28. The van der Waals surface area contributed by atoms with E-state index in [0.717, 1.165) is 54.4 Å². The van der Waals surface area contributed by atoms with Gasteiger partial charge in [0.15, 0.2) is 0 Å². The van der Waals surface area contributed by atoms with E-state index < -0.39 is 0 Å². The summed E-state index contributed by atoms with van der Waals surface area (Å²) >= 11 is 1.56. The van der Waals surface area contributed by atoms with Gasteiger partial charge in [0.05, 0.1) is 10.6 Å². The van der Waals surface area contributed by atoms with E-state index in [1.165, 1.54) is 4.88 Å². The molecule has 0 aromatic carbocycles. The molecule has 0 spiro atoms. The number of carbonyl (C=O) groups excluding carboxylic acids is 1. The Balaban J connectivity index is 1.52. The molecule has 2 aliphatic heterocycles. The second-order valence-corrected chi connectivity index (χ2v) is 7.56. The van der Waals surface area contributed by atoms with E-state index in [1.807, 2.05) is 30.2 Å². The highest BCUT2D eigenvalue weighted by Gasteiger charge is 2.26. The number of rotatable bonds is 2. The molecule has 1 saturated heterocycles. The average Bonchev–Trinajstić information content (AvgIpc) is 3.25. The van der Waals surface area contributed by atoms with Crippen molar-refractivity contribution < 1.29 is 4.79 Å². The summed E-state index contributed by atoms with van der Waals surface area (Å²) in [6.07, 6.45) is 3.86. The molecule has 0 bridgehead atoms. The molecule has 1 unspecified atom stereocenters. The maximum Gasteiger partial charge on any atom is 0.264 e. The molecule has 5 nitrogen and oxygen atoms in total. The number of aryl methyl sites for hydroxylation is 1.